The van der Waals surface area contributed by atoms with Crippen LogP contribution in [0.3, 0.4) is 0 Å². The van der Waals surface area contributed by atoms with Crippen molar-refractivity contribution in [1.82, 2.24) is 10.1 Å². The molecule has 1 saturated heterocycles. The number of nitrogens with zero attached hydrogens (tertiary/aromatic N) is 5. The minimum atomic E-state index is -0.484. The third-order valence-corrected chi connectivity index (χ3v) is 4.08. The Balaban J connectivity index is 1.66. The first kappa shape index (κ1) is 16.0. The summed E-state index contributed by atoms with van der Waals surface area (Å²) in [6, 6.07) is 8.42. The Morgan fingerprint density at radius 2 is 2.08 bits per heavy atom. The van der Waals surface area contributed by atoms with Gasteiger partial charge in [0.25, 0.3) is 5.69 Å². The molecular weight excluding hydrogens is 310 g/mol. The third-order valence-electron chi connectivity index (χ3n) is 4.08. The minimum absolute atomic E-state index is 0.0605. The first-order chi connectivity index (χ1) is 11.6. The lowest BCUT2D eigenvalue weighted by atomic mass is 10.1. The van der Waals surface area contributed by atoms with E-state index in [0.717, 1.165) is 43.3 Å². The number of rotatable bonds is 4. The molecule has 24 heavy (non-hydrogen) atoms. The van der Waals surface area contributed by atoms with E-state index in [1.165, 1.54) is 12.1 Å². The first-order valence-electron chi connectivity index (χ1n) is 7.65. The number of piperazine rings is 1. The standard InChI is InChI=1S/C16H17N5O3/c1-12-8-15(24-18-12)11-19-4-6-20(7-5-19)16-3-2-14(21(22)23)9-13(16)10-17/h2-3,8-9H,4-7,11H2,1H3. The van der Waals surface area contributed by atoms with Gasteiger partial charge in [0.2, 0.25) is 0 Å². The van der Waals surface area contributed by atoms with Crippen molar-refractivity contribution in [3.8, 4) is 6.07 Å². The van der Waals surface area contributed by atoms with E-state index >= 15 is 0 Å². The number of hydrogen-bond donors (Lipinski definition) is 0. The van der Waals surface area contributed by atoms with E-state index in [4.69, 9.17) is 4.52 Å². The van der Waals surface area contributed by atoms with Crippen LogP contribution in [0.5, 0.6) is 0 Å². The lowest BCUT2D eigenvalue weighted by Gasteiger charge is -2.35. The van der Waals surface area contributed by atoms with Crippen LogP contribution in [0.25, 0.3) is 0 Å². The van der Waals surface area contributed by atoms with E-state index < -0.39 is 4.92 Å². The van der Waals surface area contributed by atoms with Gasteiger partial charge < -0.3 is 9.42 Å². The van der Waals surface area contributed by atoms with Crippen molar-refractivity contribution < 1.29 is 9.45 Å². The van der Waals surface area contributed by atoms with Crippen LogP contribution in [-0.4, -0.2) is 41.2 Å². The molecule has 8 nitrogen and oxygen atoms in total. The molecule has 2 heterocycles. The summed E-state index contributed by atoms with van der Waals surface area (Å²) in [6.07, 6.45) is 0. The van der Waals surface area contributed by atoms with E-state index in [0.29, 0.717) is 12.1 Å². The Labute approximate surface area is 139 Å². The molecule has 0 radical (unpaired) electrons. The molecule has 0 unspecified atom stereocenters. The van der Waals surface area contributed by atoms with Gasteiger partial charge in [-0.2, -0.15) is 5.26 Å². The van der Waals surface area contributed by atoms with E-state index in [-0.39, 0.29) is 5.69 Å². The van der Waals surface area contributed by atoms with Gasteiger partial charge in [0.05, 0.1) is 28.4 Å². The van der Waals surface area contributed by atoms with Gasteiger partial charge in [0.15, 0.2) is 5.76 Å². The fourth-order valence-electron chi connectivity index (χ4n) is 2.86. The smallest absolute Gasteiger partial charge is 0.270 e. The number of nitro benzene ring substituents is 1. The van der Waals surface area contributed by atoms with E-state index in [1.807, 2.05) is 13.0 Å². The zero-order valence-electron chi connectivity index (χ0n) is 13.3. The molecule has 0 aliphatic carbocycles. The molecule has 0 spiro atoms. The maximum absolute atomic E-state index is 10.8. The van der Waals surface area contributed by atoms with Gasteiger partial charge >= 0.3 is 0 Å². The highest BCUT2D eigenvalue weighted by molar-refractivity contribution is 5.63. The Morgan fingerprint density at radius 3 is 2.67 bits per heavy atom. The van der Waals surface area contributed by atoms with Crippen LogP contribution in [-0.2, 0) is 6.54 Å². The van der Waals surface area contributed by atoms with Crippen molar-refractivity contribution in [1.29, 1.82) is 5.26 Å². The molecule has 0 saturated carbocycles. The van der Waals surface area contributed by atoms with Gasteiger partial charge in [0.1, 0.15) is 6.07 Å². The minimum Gasteiger partial charge on any atom is -0.368 e. The van der Waals surface area contributed by atoms with Crippen molar-refractivity contribution in [2.75, 3.05) is 31.1 Å². The number of nitriles is 1. The topological polar surface area (TPSA) is 99.4 Å². The maximum Gasteiger partial charge on any atom is 0.270 e. The van der Waals surface area contributed by atoms with Crippen molar-refractivity contribution in [3.63, 3.8) is 0 Å². The summed E-state index contributed by atoms with van der Waals surface area (Å²) in [5.74, 6) is 0.842. The van der Waals surface area contributed by atoms with Crippen molar-refractivity contribution in [3.05, 3.63) is 51.4 Å². The van der Waals surface area contributed by atoms with Gasteiger partial charge in [0, 0.05) is 44.4 Å². The summed E-state index contributed by atoms with van der Waals surface area (Å²) in [7, 11) is 0. The first-order valence-corrected chi connectivity index (χ1v) is 7.65. The lowest BCUT2D eigenvalue weighted by molar-refractivity contribution is -0.384. The lowest BCUT2D eigenvalue weighted by Crippen LogP contribution is -2.46. The molecule has 1 aromatic carbocycles. The molecule has 0 amide bonds. The highest BCUT2D eigenvalue weighted by atomic mass is 16.6. The molecule has 8 heteroatoms. The summed E-state index contributed by atoms with van der Waals surface area (Å²) >= 11 is 0. The van der Waals surface area contributed by atoms with Gasteiger partial charge in [-0.3, -0.25) is 15.0 Å². The van der Waals surface area contributed by atoms with E-state index in [9.17, 15) is 15.4 Å². The fraction of sp³-hybridized carbons (Fsp3) is 0.375. The number of anilines is 1. The molecule has 3 rings (SSSR count). The van der Waals surface area contributed by atoms with Crippen molar-refractivity contribution in [2.45, 2.75) is 13.5 Å². The highest BCUT2D eigenvalue weighted by Crippen LogP contribution is 2.26. The van der Waals surface area contributed by atoms with Gasteiger partial charge in [-0.1, -0.05) is 5.16 Å². The predicted molar refractivity (Wildman–Crippen MR) is 86.5 cm³/mol. The number of nitro groups is 1. The van der Waals surface area contributed by atoms with E-state index in [2.05, 4.69) is 21.0 Å². The average molecular weight is 327 g/mol. The molecule has 1 aliphatic heterocycles. The molecule has 1 aliphatic rings. The normalized spacial score (nSPS) is 15.2. The third kappa shape index (κ3) is 3.36. The van der Waals surface area contributed by atoms with Crippen LogP contribution in [0.4, 0.5) is 11.4 Å². The summed E-state index contributed by atoms with van der Waals surface area (Å²) in [5, 5.41) is 24.0. The van der Waals surface area contributed by atoms with Crippen LogP contribution < -0.4 is 4.90 Å². The second-order valence-electron chi connectivity index (χ2n) is 5.77. The maximum atomic E-state index is 10.8. The second kappa shape index (κ2) is 6.68. The van der Waals surface area contributed by atoms with Gasteiger partial charge in [-0.05, 0) is 13.0 Å². The predicted octanol–water partition coefficient (Wildman–Crippen LogP) is 2.09. The molecular formula is C16H17N5O3. The zero-order valence-corrected chi connectivity index (χ0v) is 13.3. The summed E-state index contributed by atoms with van der Waals surface area (Å²) < 4.78 is 5.24. The molecule has 2 aromatic rings. The Bertz CT molecular complexity index is 787. The Morgan fingerprint density at radius 1 is 1.33 bits per heavy atom. The quantitative estimate of drug-likeness (QED) is 0.626. The Hall–Kier alpha value is -2.92. The molecule has 1 aromatic heterocycles. The Kier molecular flexibility index (Phi) is 4.44. The average Bonchev–Trinajstić information content (AvgIpc) is 3.00. The number of aromatic nitrogens is 1. The number of hydrogen-bond acceptors (Lipinski definition) is 7. The number of benzene rings is 1. The summed E-state index contributed by atoms with van der Waals surface area (Å²) in [5.41, 5.74) is 1.89. The van der Waals surface area contributed by atoms with Crippen LogP contribution in [0.1, 0.15) is 17.0 Å². The van der Waals surface area contributed by atoms with Gasteiger partial charge in [-0.15, -0.1) is 0 Å². The van der Waals surface area contributed by atoms with Crippen molar-refractivity contribution in [2.24, 2.45) is 0 Å². The zero-order chi connectivity index (χ0) is 17.1. The molecule has 0 atom stereocenters. The second-order valence-corrected chi connectivity index (χ2v) is 5.77. The molecule has 0 N–H and O–H groups in total. The molecule has 124 valence electrons. The fourth-order valence-corrected chi connectivity index (χ4v) is 2.86. The molecule has 1 fully saturated rings. The summed E-state index contributed by atoms with van der Waals surface area (Å²) in [6.45, 7) is 5.74. The van der Waals surface area contributed by atoms with E-state index in [1.54, 1.807) is 6.07 Å². The van der Waals surface area contributed by atoms with Crippen LogP contribution in [0.2, 0.25) is 0 Å². The monoisotopic (exact) mass is 327 g/mol. The van der Waals surface area contributed by atoms with Gasteiger partial charge in [-0.25, -0.2) is 0 Å². The van der Waals surface area contributed by atoms with Crippen molar-refractivity contribution >= 4 is 11.4 Å². The number of non-ortho nitro benzene ring substituents is 1. The summed E-state index contributed by atoms with van der Waals surface area (Å²) in [4.78, 5) is 14.7. The molecule has 0 bridgehead atoms. The SMILES string of the molecule is Cc1cc(CN2CCN(c3ccc([N+](=O)[O-])cc3C#N)CC2)on1. The number of aryl methyl sites for hydroxylation is 1. The highest BCUT2D eigenvalue weighted by Gasteiger charge is 2.21. The van der Waals surface area contributed by atoms with Crippen LogP contribution >= 0.6 is 0 Å². The van der Waals surface area contributed by atoms with Crippen LogP contribution in [0.15, 0.2) is 28.8 Å². The van der Waals surface area contributed by atoms with Crippen LogP contribution in [0, 0.1) is 28.4 Å². The largest absolute Gasteiger partial charge is 0.368 e.